The van der Waals surface area contributed by atoms with Crippen molar-refractivity contribution in [2.75, 3.05) is 0 Å². The number of rotatable bonds is 6. The van der Waals surface area contributed by atoms with Crippen molar-refractivity contribution in [1.82, 2.24) is 15.0 Å². The summed E-state index contributed by atoms with van der Waals surface area (Å²) in [6.07, 6.45) is 0. The molecule has 1 aliphatic carbocycles. The molecule has 0 fully saturated rings. The van der Waals surface area contributed by atoms with Gasteiger partial charge in [0.25, 0.3) is 0 Å². The number of aromatic nitrogens is 3. The average Bonchev–Trinajstić information content (AvgIpc) is 3.49. The zero-order valence-corrected chi connectivity index (χ0v) is 26.7. The molecule has 1 aromatic heterocycles. The second kappa shape index (κ2) is 12.0. The highest BCUT2D eigenvalue weighted by Gasteiger charge is 2.46. The maximum atomic E-state index is 4.94. The Morgan fingerprint density at radius 3 is 1.20 bits per heavy atom. The Morgan fingerprint density at radius 1 is 0.286 bits per heavy atom. The van der Waals surface area contributed by atoms with E-state index in [2.05, 4.69) is 127 Å². The van der Waals surface area contributed by atoms with Crippen molar-refractivity contribution < 1.29 is 0 Å². The van der Waals surface area contributed by atoms with Gasteiger partial charge in [-0.2, -0.15) is 0 Å². The van der Waals surface area contributed by atoms with Gasteiger partial charge in [0, 0.05) is 16.7 Å². The van der Waals surface area contributed by atoms with Crippen LogP contribution in [0.1, 0.15) is 22.3 Å². The monoisotopic (exact) mass is 625 g/mol. The lowest BCUT2D eigenvalue weighted by Gasteiger charge is -2.34. The molecule has 0 amide bonds. The minimum atomic E-state index is -0.434. The van der Waals surface area contributed by atoms with Crippen molar-refractivity contribution in [2.45, 2.75) is 5.41 Å². The standard InChI is InChI=1S/C46H31N3/c1-5-15-33(16-6-1)43-47-44(34-17-7-2-8-18-34)49-45(48-43)35-27-25-32(26-28-35)36-29-30-40-39-23-13-14-24-41(39)46(42(40)31-36,37-19-9-3-10-20-37)38-21-11-4-12-22-38/h1-31H. The minimum absolute atomic E-state index is 0.434. The van der Waals surface area contributed by atoms with Gasteiger partial charge in [-0.05, 0) is 50.6 Å². The highest BCUT2D eigenvalue weighted by Crippen LogP contribution is 2.56. The number of benzene rings is 7. The van der Waals surface area contributed by atoms with E-state index in [-0.39, 0.29) is 0 Å². The average molecular weight is 626 g/mol. The Labute approximate surface area is 286 Å². The van der Waals surface area contributed by atoms with Crippen molar-refractivity contribution in [3.05, 3.63) is 210 Å². The van der Waals surface area contributed by atoms with Gasteiger partial charge in [0.1, 0.15) is 0 Å². The molecular weight excluding hydrogens is 595 g/mol. The van der Waals surface area contributed by atoms with Gasteiger partial charge in [-0.3, -0.25) is 0 Å². The number of hydrogen-bond acceptors (Lipinski definition) is 3. The fraction of sp³-hybridized carbons (Fsp3) is 0.0217. The van der Waals surface area contributed by atoms with Crippen LogP contribution in [0.4, 0.5) is 0 Å². The van der Waals surface area contributed by atoms with Gasteiger partial charge in [-0.25, -0.2) is 15.0 Å². The van der Waals surface area contributed by atoms with Crippen LogP contribution in [0.15, 0.2) is 188 Å². The first-order valence-corrected chi connectivity index (χ1v) is 16.6. The fourth-order valence-electron chi connectivity index (χ4n) is 7.37. The van der Waals surface area contributed by atoms with Crippen LogP contribution < -0.4 is 0 Å². The SMILES string of the molecule is c1ccc(-c2nc(-c3ccccc3)nc(-c3ccc(-c4ccc5c(c4)C(c4ccccc4)(c4ccccc4)c4ccccc4-5)cc3)n2)cc1. The lowest BCUT2D eigenvalue weighted by molar-refractivity contribution is 0.769. The minimum Gasteiger partial charge on any atom is -0.208 e. The molecule has 7 aromatic carbocycles. The van der Waals surface area contributed by atoms with Crippen LogP contribution in [0.25, 0.3) is 56.4 Å². The van der Waals surface area contributed by atoms with Crippen molar-refractivity contribution >= 4 is 0 Å². The summed E-state index contributed by atoms with van der Waals surface area (Å²) in [6, 6.07) is 66.5. The van der Waals surface area contributed by atoms with Crippen molar-refractivity contribution in [1.29, 1.82) is 0 Å². The third-order valence-corrected chi connectivity index (χ3v) is 9.63. The van der Waals surface area contributed by atoms with Gasteiger partial charge in [0.05, 0.1) is 5.41 Å². The van der Waals surface area contributed by atoms with E-state index in [0.29, 0.717) is 17.5 Å². The number of hydrogen-bond donors (Lipinski definition) is 0. The normalized spacial score (nSPS) is 12.7. The van der Waals surface area contributed by atoms with Gasteiger partial charge in [-0.1, -0.05) is 182 Å². The van der Waals surface area contributed by atoms with Crippen LogP contribution in [-0.2, 0) is 5.41 Å². The quantitative estimate of drug-likeness (QED) is 0.185. The summed E-state index contributed by atoms with van der Waals surface area (Å²) < 4.78 is 0. The van der Waals surface area contributed by atoms with E-state index in [1.807, 2.05) is 60.7 Å². The predicted molar refractivity (Wildman–Crippen MR) is 199 cm³/mol. The molecule has 230 valence electrons. The second-order valence-corrected chi connectivity index (χ2v) is 12.4. The molecule has 8 aromatic rings. The Bertz CT molecular complexity index is 2310. The van der Waals surface area contributed by atoms with Crippen molar-refractivity contribution in [2.24, 2.45) is 0 Å². The zero-order chi connectivity index (χ0) is 32.6. The fourth-order valence-corrected chi connectivity index (χ4v) is 7.37. The lowest BCUT2D eigenvalue weighted by Crippen LogP contribution is -2.28. The van der Waals surface area contributed by atoms with E-state index in [1.165, 1.54) is 38.9 Å². The van der Waals surface area contributed by atoms with Crippen LogP contribution in [0.2, 0.25) is 0 Å². The summed E-state index contributed by atoms with van der Waals surface area (Å²) in [5.74, 6) is 1.96. The van der Waals surface area contributed by atoms with Gasteiger partial charge in [0.15, 0.2) is 17.5 Å². The summed E-state index contributed by atoms with van der Waals surface area (Å²) in [7, 11) is 0. The van der Waals surface area contributed by atoms with E-state index in [9.17, 15) is 0 Å². The first kappa shape index (κ1) is 28.7. The number of nitrogens with zero attached hydrogens (tertiary/aromatic N) is 3. The van der Waals surface area contributed by atoms with E-state index in [4.69, 9.17) is 15.0 Å². The topological polar surface area (TPSA) is 38.7 Å². The Balaban J connectivity index is 1.17. The van der Waals surface area contributed by atoms with Gasteiger partial charge in [-0.15, -0.1) is 0 Å². The molecule has 1 aliphatic rings. The lowest BCUT2D eigenvalue weighted by atomic mass is 9.67. The summed E-state index contributed by atoms with van der Waals surface area (Å²) in [6.45, 7) is 0. The molecule has 9 rings (SSSR count). The maximum absolute atomic E-state index is 4.94. The Hall–Kier alpha value is -6.45. The van der Waals surface area contributed by atoms with E-state index >= 15 is 0 Å². The first-order chi connectivity index (χ1) is 24.3. The van der Waals surface area contributed by atoms with Gasteiger partial charge >= 0.3 is 0 Å². The van der Waals surface area contributed by atoms with E-state index < -0.39 is 5.41 Å². The molecule has 0 saturated carbocycles. The summed E-state index contributed by atoms with van der Waals surface area (Å²) in [5, 5.41) is 0. The Kier molecular flexibility index (Phi) is 7.02. The van der Waals surface area contributed by atoms with Crippen LogP contribution in [-0.4, -0.2) is 15.0 Å². The van der Waals surface area contributed by atoms with Crippen LogP contribution in [0, 0.1) is 0 Å². The molecule has 1 heterocycles. The molecule has 0 atom stereocenters. The van der Waals surface area contributed by atoms with Crippen molar-refractivity contribution in [3.8, 4) is 56.4 Å². The summed E-state index contributed by atoms with van der Waals surface area (Å²) in [4.78, 5) is 14.7. The molecule has 0 saturated heterocycles. The molecule has 0 aliphatic heterocycles. The van der Waals surface area contributed by atoms with Crippen LogP contribution in [0.3, 0.4) is 0 Å². The molecular formula is C46H31N3. The summed E-state index contributed by atoms with van der Waals surface area (Å²) >= 11 is 0. The van der Waals surface area contributed by atoms with Crippen LogP contribution in [0.5, 0.6) is 0 Å². The molecule has 3 heteroatoms. The largest absolute Gasteiger partial charge is 0.208 e. The molecule has 0 unspecified atom stereocenters. The van der Waals surface area contributed by atoms with E-state index in [1.54, 1.807) is 0 Å². The second-order valence-electron chi connectivity index (χ2n) is 12.4. The summed E-state index contributed by atoms with van der Waals surface area (Å²) in [5.41, 5.74) is 12.4. The zero-order valence-electron chi connectivity index (χ0n) is 26.7. The van der Waals surface area contributed by atoms with Crippen LogP contribution >= 0.6 is 0 Å². The molecule has 49 heavy (non-hydrogen) atoms. The van der Waals surface area contributed by atoms with E-state index in [0.717, 1.165) is 22.3 Å². The molecule has 0 spiro atoms. The third-order valence-electron chi connectivity index (χ3n) is 9.63. The van der Waals surface area contributed by atoms with Gasteiger partial charge < -0.3 is 0 Å². The van der Waals surface area contributed by atoms with Crippen molar-refractivity contribution in [3.63, 3.8) is 0 Å². The van der Waals surface area contributed by atoms with Gasteiger partial charge in [0.2, 0.25) is 0 Å². The number of fused-ring (bicyclic) bond motifs is 3. The smallest absolute Gasteiger partial charge is 0.164 e. The highest BCUT2D eigenvalue weighted by molar-refractivity contribution is 5.88. The Morgan fingerprint density at radius 2 is 0.673 bits per heavy atom. The highest BCUT2D eigenvalue weighted by atomic mass is 15.0. The molecule has 3 nitrogen and oxygen atoms in total. The maximum Gasteiger partial charge on any atom is 0.164 e. The first-order valence-electron chi connectivity index (χ1n) is 16.6. The third kappa shape index (κ3) is 4.87. The molecule has 0 radical (unpaired) electrons. The molecule has 0 N–H and O–H groups in total. The molecule has 0 bridgehead atoms. The predicted octanol–water partition coefficient (Wildman–Crippen LogP) is 10.9.